The predicted molar refractivity (Wildman–Crippen MR) is 73.9 cm³/mol. The number of anilines is 1. The molecule has 0 unspecified atom stereocenters. The average Bonchev–Trinajstić information content (AvgIpc) is 3.04. The van der Waals surface area contributed by atoms with Crippen LogP contribution < -0.4 is 5.32 Å². The van der Waals surface area contributed by atoms with E-state index in [9.17, 15) is 0 Å². The van der Waals surface area contributed by atoms with Gasteiger partial charge in [-0.05, 0) is 0 Å². The van der Waals surface area contributed by atoms with Crippen molar-refractivity contribution in [3.63, 3.8) is 0 Å². The number of nitrogens with one attached hydrogen (secondary N) is 1. The summed E-state index contributed by atoms with van der Waals surface area (Å²) in [5, 5.41) is 3.46. The number of hydrogen-bond acceptors (Lipinski definition) is 3. The van der Waals surface area contributed by atoms with Crippen LogP contribution in [-0.2, 0) is 13.1 Å². The Morgan fingerprint density at radius 1 is 1.22 bits per heavy atom. The molecule has 2 heterocycles. The van der Waals surface area contributed by atoms with Crippen LogP contribution in [0.5, 0.6) is 0 Å². The summed E-state index contributed by atoms with van der Waals surface area (Å²) in [6.07, 6.45) is 2.11. The number of rotatable bonds is 4. The molecule has 0 fully saturated rings. The van der Waals surface area contributed by atoms with Crippen LogP contribution in [0.25, 0.3) is 11.0 Å². The summed E-state index contributed by atoms with van der Waals surface area (Å²) in [5.41, 5.74) is 4.41. The summed E-state index contributed by atoms with van der Waals surface area (Å²) in [6, 6.07) is 10.3. The Hall–Kier alpha value is -1.58. The second kappa shape index (κ2) is 4.96. The summed E-state index contributed by atoms with van der Waals surface area (Å²) in [6.45, 7) is 3.97. The van der Waals surface area contributed by atoms with Gasteiger partial charge in [-0.15, -0.1) is 0 Å². The Morgan fingerprint density at radius 3 is 3.06 bits per heavy atom. The summed E-state index contributed by atoms with van der Waals surface area (Å²) >= 11 is 0.0315. The van der Waals surface area contributed by atoms with Gasteiger partial charge in [-0.25, -0.2) is 0 Å². The average molecular weight is 305 g/mol. The summed E-state index contributed by atoms with van der Waals surface area (Å²) < 4.78 is 11.1. The fraction of sp³-hybridized carbons (Fsp3) is 0.231. The standard InChI is InChI=1S/C13H14N4Se/c1-2-17-8-4-5-10(17)9-14-11-6-3-7-12-13(11)16-18-15-12/h3-8,14H,2,9H2,1H3. The number of benzene rings is 1. The van der Waals surface area contributed by atoms with Crippen LogP contribution in [0.4, 0.5) is 5.69 Å². The molecule has 18 heavy (non-hydrogen) atoms. The molecular weight excluding hydrogens is 291 g/mol. The van der Waals surface area contributed by atoms with Gasteiger partial charge in [0.2, 0.25) is 0 Å². The van der Waals surface area contributed by atoms with Gasteiger partial charge in [0.1, 0.15) is 0 Å². The Kier molecular flexibility index (Phi) is 3.17. The normalized spacial score (nSPS) is 10.9. The molecule has 0 saturated heterocycles. The zero-order valence-corrected chi connectivity index (χ0v) is 11.8. The fourth-order valence-electron chi connectivity index (χ4n) is 2.05. The van der Waals surface area contributed by atoms with Crippen molar-refractivity contribution in [3.8, 4) is 0 Å². The molecule has 0 spiro atoms. The maximum atomic E-state index is 4.47. The van der Waals surface area contributed by atoms with Crippen molar-refractivity contribution in [3.05, 3.63) is 42.2 Å². The third-order valence-corrected chi connectivity index (χ3v) is 4.15. The van der Waals surface area contributed by atoms with E-state index in [0.29, 0.717) is 0 Å². The first kappa shape index (κ1) is 11.5. The molecule has 2 aromatic heterocycles. The van der Waals surface area contributed by atoms with E-state index in [1.54, 1.807) is 0 Å². The first-order chi connectivity index (χ1) is 8.88. The summed E-state index contributed by atoms with van der Waals surface area (Å²) in [4.78, 5) is 0. The SMILES string of the molecule is CCn1cccc1CNc1cccc2n[se]nc12. The maximum absolute atomic E-state index is 4.47. The van der Waals surface area contributed by atoms with Gasteiger partial charge in [-0.2, -0.15) is 0 Å². The first-order valence-electron chi connectivity index (χ1n) is 5.97. The number of fused-ring (bicyclic) bond motifs is 1. The molecule has 4 nitrogen and oxygen atoms in total. The molecule has 0 radical (unpaired) electrons. The third kappa shape index (κ3) is 2.07. The molecule has 5 heteroatoms. The predicted octanol–water partition coefficient (Wildman–Crippen LogP) is 2.12. The van der Waals surface area contributed by atoms with Crippen LogP contribution >= 0.6 is 0 Å². The summed E-state index contributed by atoms with van der Waals surface area (Å²) in [5.74, 6) is 0. The molecule has 1 aromatic carbocycles. The van der Waals surface area contributed by atoms with E-state index < -0.39 is 0 Å². The van der Waals surface area contributed by atoms with Gasteiger partial charge in [0.05, 0.1) is 0 Å². The molecule has 1 N–H and O–H groups in total. The van der Waals surface area contributed by atoms with Crippen molar-refractivity contribution in [2.45, 2.75) is 20.0 Å². The first-order valence-corrected chi connectivity index (χ1v) is 7.51. The number of hydrogen-bond donors (Lipinski definition) is 1. The van der Waals surface area contributed by atoms with Crippen molar-refractivity contribution in [2.75, 3.05) is 5.32 Å². The van der Waals surface area contributed by atoms with Crippen molar-refractivity contribution in [1.29, 1.82) is 0 Å². The van der Waals surface area contributed by atoms with E-state index in [1.165, 1.54) is 5.69 Å². The molecule has 0 aliphatic carbocycles. The van der Waals surface area contributed by atoms with E-state index in [4.69, 9.17) is 0 Å². The van der Waals surface area contributed by atoms with Crippen molar-refractivity contribution in [1.82, 2.24) is 12.5 Å². The minimum atomic E-state index is 0.0315. The Morgan fingerprint density at radius 2 is 2.17 bits per heavy atom. The van der Waals surface area contributed by atoms with Crippen molar-refractivity contribution in [2.24, 2.45) is 0 Å². The molecule has 92 valence electrons. The van der Waals surface area contributed by atoms with Gasteiger partial charge >= 0.3 is 112 Å². The van der Waals surface area contributed by atoms with E-state index >= 15 is 0 Å². The van der Waals surface area contributed by atoms with Gasteiger partial charge in [-0.3, -0.25) is 0 Å². The molecule has 3 rings (SSSR count). The van der Waals surface area contributed by atoms with E-state index in [-0.39, 0.29) is 15.0 Å². The van der Waals surface area contributed by atoms with E-state index in [2.05, 4.69) is 49.2 Å². The molecule has 3 aromatic rings. The molecule has 0 saturated carbocycles. The molecule has 0 atom stereocenters. The quantitative estimate of drug-likeness (QED) is 0.751. The van der Waals surface area contributed by atoms with Crippen LogP contribution in [0.3, 0.4) is 0 Å². The van der Waals surface area contributed by atoms with E-state index in [1.807, 2.05) is 12.1 Å². The molecule has 0 aliphatic heterocycles. The Bertz CT molecular complexity index is 656. The molecular formula is C13H14N4Se. The van der Waals surface area contributed by atoms with Crippen molar-refractivity contribution >= 4 is 31.7 Å². The summed E-state index contributed by atoms with van der Waals surface area (Å²) in [7, 11) is 0. The zero-order chi connectivity index (χ0) is 12.4. The van der Waals surface area contributed by atoms with Crippen LogP contribution in [0.2, 0.25) is 0 Å². The van der Waals surface area contributed by atoms with Crippen molar-refractivity contribution < 1.29 is 0 Å². The monoisotopic (exact) mass is 306 g/mol. The van der Waals surface area contributed by atoms with E-state index in [0.717, 1.165) is 29.8 Å². The molecule has 0 amide bonds. The zero-order valence-electron chi connectivity index (χ0n) is 10.1. The third-order valence-electron chi connectivity index (χ3n) is 3.01. The van der Waals surface area contributed by atoms with Crippen LogP contribution in [0.15, 0.2) is 36.5 Å². The number of aryl methyl sites for hydroxylation is 1. The van der Waals surface area contributed by atoms with Gasteiger partial charge in [0, 0.05) is 0 Å². The second-order valence-corrected chi connectivity index (χ2v) is 5.19. The number of nitrogens with zero attached hydrogens (tertiary/aromatic N) is 3. The van der Waals surface area contributed by atoms with Gasteiger partial charge in [0.15, 0.2) is 0 Å². The minimum absolute atomic E-state index is 0.0315. The molecule has 0 bridgehead atoms. The second-order valence-electron chi connectivity index (χ2n) is 4.08. The van der Waals surface area contributed by atoms with Gasteiger partial charge in [-0.1, -0.05) is 0 Å². The topological polar surface area (TPSA) is 42.7 Å². The van der Waals surface area contributed by atoms with Crippen LogP contribution in [0.1, 0.15) is 12.6 Å². The van der Waals surface area contributed by atoms with Crippen LogP contribution in [-0.4, -0.2) is 27.5 Å². The molecule has 0 aliphatic rings. The fourth-order valence-corrected chi connectivity index (χ4v) is 3.21. The Labute approximate surface area is 112 Å². The van der Waals surface area contributed by atoms with Gasteiger partial charge in [0.25, 0.3) is 0 Å². The Balaban J connectivity index is 1.83. The van der Waals surface area contributed by atoms with Crippen LogP contribution in [0, 0.1) is 0 Å². The number of aromatic nitrogens is 3. The van der Waals surface area contributed by atoms with Gasteiger partial charge < -0.3 is 0 Å².